The van der Waals surface area contributed by atoms with Crippen molar-refractivity contribution in [2.75, 3.05) is 0 Å². The van der Waals surface area contributed by atoms with Crippen molar-refractivity contribution in [3.05, 3.63) is 66.8 Å². The lowest BCUT2D eigenvalue weighted by molar-refractivity contribution is -0.137. The number of hydrogen-bond donors (Lipinski definition) is 0. The Morgan fingerprint density at radius 1 is 1.09 bits per heavy atom. The normalized spacial score (nSPS) is 10.7. The molecule has 0 atom stereocenters. The highest BCUT2D eigenvalue weighted by atomic mass is 35.5. The maximum absolute atomic E-state index is 12.7. The second-order valence-electron chi connectivity index (χ2n) is 4.56. The van der Waals surface area contributed by atoms with Crippen LogP contribution in [0.25, 0.3) is 5.69 Å². The van der Waals surface area contributed by atoms with Crippen LogP contribution in [0.5, 0.6) is 0 Å². The maximum atomic E-state index is 12.7. The average Bonchev–Trinajstić information content (AvgIpc) is 3.10. The van der Waals surface area contributed by atoms with Gasteiger partial charge in [0.2, 0.25) is 0 Å². The summed E-state index contributed by atoms with van der Waals surface area (Å²) in [7, 11) is 0. The third kappa shape index (κ3) is 4.49. The van der Waals surface area contributed by atoms with Gasteiger partial charge in [0.15, 0.2) is 0 Å². The predicted molar refractivity (Wildman–Crippen MR) is 84.4 cm³/mol. The van der Waals surface area contributed by atoms with Crippen molar-refractivity contribution in [1.82, 2.24) is 19.1 Å². The lowest BCUT2D eigenvalue weighted by atomic mass is 10.2. The third-order valence-electron chi connectivity index (χ3n) is 3.01. The van der Waals surface area contributed by atoms with Gasteiger partial charge < -0.3 is 9.13 Å². The van der Waals surface area contributed by atoms with Crippen molar-refractivity contribution < 1.29 is 13.2 Å². The number of nitrogens with zero attached hydrogens (tertiary/aromatic N) is 4. The molecule has 23 heavy (non-hydrogen) atoms. The molecule has 4 nitrogen and oxygen atoms in total. The second-order valence-corrected chi connectivity index (χ2v) is 4.56. The number of rotatable bonds is 3. The summed E-state index contributed by atoms with van der Waals surface area (Å²) in [6, 6.07) is 5.14. The molecule has 0 spiro atoms. The molecule has 3 aromatic rings. The topological polar surface area (TPSA) is 35.6 Å². The van der Waals surface area contributed by atoms with Gasteiger partial charge in [0.05, 0.1) is 30.5 Å². The zero-order chi connectivity index (χ0) is 14.9. The first kappa shape index (κ1) is 19.1. The first-order chi connectivity index (χ1) is 10.0. The van der Waals surface area contributed by atoms with Crippen LogP contribution in [-0.4, -0.2) is 19.1 Å². The fourth-order valence-corrected chi connectivity index (χ4v) is 2.00. The Balaban J connectivity index is 0.00000132. The van der Waals surface area contributed by atoms with E-state index < -0.39 is 11.7 Å². The molecule has 0 amide bonds. The summed E-state index contributed by atoms with van der Waals surface area (Å²) in [6.07, 6.45) is 3.96. The number of alkyl halides is 3. The van der Waals surface area contributed by atoms with Gasteiger partial charge in [-0.25, -0.2) is 9.97 Å². The molecular formula is C14H13Cl2F3N4. The second kappa shape index (κ2) is 7.52. The van der Waals surface area contributed by atoms with E-state index in [4.69, 9.17) is 0 Å². The highest BCUT2D eigenvalue weighted by Gasteiger charge is 2.30. The number of aromatic nitrogens is 4. The molecule has 0 aliphatic rings. The summed E-state index contributed by atoms with van der Waals surface area (Å²) in [5, 5.41) is 0. The predicted octanol–water partition coefficient (Wildman–Crippen LogP) is 3.98. The Morgan fingerprint density at radius 2 is 1.87 bits per heavy atom. The van der Waals surface area contributed by atoms with Gasteiger partial charge in [-0.2, -0.15) is 13.2 Å². The van der Waals surface area contributed by atoms with Crippen LogP contribution in [-0.2, 0) is 12.7 Å². The summed E-state index contributed by atoms with van der Waals surface area (Å²) in [6.45, 7) is 0.520. The minimum Gasteiger partial charge on any atom is -0.331 e. The van der Waals surface area contributed by atoms with Crippen molar-refractivity contribution in [2.24, 2.45) is 0 Å². The highest BCUT2D eigenvalue weighted by Crippen LogP contribution is 2.30. The van der Waals surface area contributed by atoms with Crippen molar-refractivity contribution in [3.8, 4) is 5.69 Å². The number of halogens is 5. The monoisotopic (exact) mass is 364 g/mol. The Labute approximate surface area is 142 Å². The van der Waals surface area contributed by atoms with Crippen molar-refractivity contribution in [1.29, 1.82) is 0 Å². The summed E-state index contributed by atoms with van der Waals surface area (Å²) in [5.41, 5.74) is 0.490. The van der Waals surface area contributed by atoms with E-state index in [0.717, 1.165) is 17.8 Å². The van der Waals surface area contributed by atoms with E-state index in [1.54, 1.807) is 35.6 Å². The Morgan fingerprint density at radius 3 is 2.52 bits per heavy atom. The van der Waals surface area contributed by atoms with Crippen molar-refractivity contribution in [2.45, 2.75) is 12.7 Å². The van der Waals surface area contributed by atoms with Crippen LogP contribution < -0.4 is 0 Å². The van der Waals surface area contributed by atoms with Gasteiger partial charge >= 0.3 is 6.18 Å². The molecule has 3 rings (SSSR count). The largest absolute Gasteiger partial charge is 0.416 e. The lowest BCUT2D eigenvalue weighted by Crippen LogP contribution is -2.05. The summed E-state index contributed by atoms with van der Waals surface area (Å²) in [5.74, 6) is 0. The molecule has 0 saturated heterocycles. The molecule has 0 aliphatic heterocycles. The number of hydrogen-bond acceptors (Lipinski definition) is 2. The van der Waals surface area contributed by atoms with Crippen LogP contribution in [0.4, 0.5) is 13.2 Å². The molecule has 0 radical (unpaired) electrons. The molecule has 9 heteroatoms. The van der Waals surface area contributed by atoms with Crippen LogP contribution in [0, 0.1) is 0 Å². The van der Waals surface area contributed by atoms with Gasteiger partial charge in [-0.05, 0) is 18.2 Å². The lowest BCUT2D eigenvalue weighted by Gasteiger charge is -2.08. The smallest absolute Gasteiger partial charge is 0.331 e. The van der Waals surface area contributed by atoms with E-state index in [1.807, 2.05) is 4.57 Å². The van der Waals surface area contributed by atoms with E-state index in [-0.39, 0.29) is 24.8 Å². The number of benzene rings is 1. The standard InChI is InChI=1S/C14H11F3N4.2ClH/c15-14(16,17)11-2-1-3-13(6-11)21-8-12(19-10-21)7-20-5-4-18-9-20;;/h1-6,8-10H,7H2;2*1H. The molecule has 0 fully saturated rings. The van der Waals surface area contributed by atoms with Gasteiger partial charge in [0, 0.05) is 24.3 Å². The van der Waals surface area contributed by atoms with Crippen molar-refractivity contribution >= 4 is 24.8 Å². The quantitative estimate of drug-likeness (QED) is 0.704. The summed E-state index contributed by atoms with van der Waals surface area (Å²) >= 11 is 0. The van der Waals surface area contributed by atoms with Gasteiger partial charge in [0.25, 0.3) is 0 Å². The summed E-state index contributed by atoms with van der Waals surface area (Å²) < 4.78 is 41.5. The van der Waals surface area contributed by atoms with Crippen LogP contribution in [0.2, 0.25) is 0 Å². The molecule has 0 bridgehead atoms. The zero-order valence-electron chi connectivity index (χ0n) is 11.6. The zero-order valence-corrected chi connectivity index (χ0v) is 13.3. The maximum Gasteiger partial charge on any atom is 0.416 e. The molecule has 2 heterocycles. The Kier molecular flexibility index (Phi) is 6.23. The van der Waals surface area contributed by atoms with E-state index in [1.165, 1.54) is 12.4 Å². The Bertz CT molecular complexity index is 739. The Hall–Kier alpha value is -1.99. The highest BCUT2D eigenvalue weighted by molar-refractivity contribution is 5.85. The third-order valence-corrected chi connectivity index (χ3v) is 3.01. The van der Waals surface area contributed by atoms with Crippen LogP contribution >= 0.6 is 24.8 Å². The van der Waals surface area contributed by atoms with Gasteiger partial charge in [-0.3, -0.25) is 0 Å². The molecule has 0 aliphatic carbocycles. The van der Waals surface area contributed by atoms with Crippen molar-refractivity contribution in [3.63, 3.8) is 0 Å². The minimum absolute atomic E-state index is 0. The fourth-order valence-electron chi connectivity index (χ4n) is 2.00. The molecule has 0 saturated carbocycles. The van der Waals surface area contributed by atoms with Gasteiger partial charge in [-0.1, -0.05) is 6.07 Å². The van der Waals surface area contributed by atoms with Crippen LogP contribution in [0.15, 0.2) is 55.5 Å². The van der Waals surface area contributed by atoms with E-state index in [0.29, 0.717) is 12.2 Å². The molecular weight excluding hydrogens is 352 g/mol. The first-order valence-corrected chi connectivity index (χ1v) is 6.18. The first-order valence-electron chi connectivity index (χ1n) is 6.18. The molecule has 0 N–H and O–H groups in total. The fraction of sp³-hybridized carbons (Fsp3) is 0.143. The molecule has 0 unspecified atom stereocenters. The SMILES string of the molecule is Cl.Cl.FC(F)(F)c1cccc(-n2cnc(Cn3ccnc3)c2)c1. The van der Waals surface area contributed by atoms with E-state index >= 15 is 0 Å². The minimum atomic E-state index is -4.35. The molecule has 124 valence electrons. The molecule has 2 aromatic heterocycles. The average molecular weight is 365 g/mol. The van der Waals surface area contributed by atoms with E-state index in [2.05, 4.69) is 9.97 Å². The van der Waals surface area contributed by atoms with Gasteiger partial charge in [0.1, 0.15) is 0 Å². The number of imidazole rings is 2. The van der Waals surface area contributed by atoms with Crippen LogP contribution in [0.3, 0.4) is 0 Å². The van der Waals surface area contributed by atoms with E-state index in [9.17, 15) is 13.2 Å². The van der Waals surface area contributed by atoms with Gasteiger partial charge in [-0.15, -0.1) is 24.8 Å². The van der Waals surface area contributed by atoms with Crippen LogP contribution in [0.1, 0.15) is 11.3 Å². The summed E-state index contributed by atoms with van der Waals surface area (Å²) in [4.78, 5) is 8.12. The molecule has 1 aromatic carbocycles.